The Morgan fingerprint density at radius 3 is 2.21 bits per heavy atom. The summed E-state index contributed by atoms with van der Waals surface area (Å²) in [5.41, 5.74) is 7.14. The molecule has 0 aliphatic carbocycles. The van der Waals surface area contributed by atoms with Gasteiger partial charge in [-0.15, -0.1) is 0 Å². The molecule has 140 valence electrons. The van der Waals surface area contributed by atoms with Gasteiger partial charge in [-0.05, 0) is 57.0 Å². The number of pyridine rings is 1. The summed E-state index contributed by atoms with van der Waals surface area (Å²) in [6, 6.07) is 22.1. The Morgan fingerprint density at radius 2 is 1.64 bits per heavy atom. The van der Waals surface area contributed by atoms with Gasteiger partial charge in [0.05, 0.1) is 23.0 Å². The lowest BCUT2D eigenvalue weighted by Crippen LogP contribution is -1.86. The molecule has 0 amide bonds. The van der Waals surface area contributed by atoms with Gasteiger partial charge in [-0.3, -0.25) is 9.98 Å². The minimum absolute atomic E-state index is 0.729. The van der Waals surface area contributed by atoms with E-state index in [-0.39, 0.29) is 0 Å². The van der Waals surface area contributed by atoms with Gasteiger partial charge in [0, 0.05) is 12.4 Å². The molecule has 3 aromatic rings. The first-order valence-corrected chi connectivity index (χ1v) is 9.23. The van der Waals surface area contributed by atoms with Gasteiger partial charge < -0.3 is 0 Å². The maximum atomic E-state index is 9.07. The Morgan fingerprint density at radius 1 is 0.964 bits per heavy atom. The predicted octanol–water partition coefficient (Wildman–Crippen LogP) is 6.38. The number of aliphatic imine (C=N–C) groups is 1. The van der Waals surface area contributed by atoms with Crippen molar-refractivity contribution < 1.29 is 0 Å². The summed E-state index contributed by atoms with van der Waals surface area (Å²) in [7, 11) is 0. The second-order valence-electron chi connectivity index (χ2n) is 6.31. The fraction of sp³-hybridized carbons (Fsp3) is 0.160. The van der Waals surface area contributed by atoms with Gasteiger partial charge in [0.25, 0.3) is 0 Å². The summed E-state index contributed by atoms with van der Waals surface area (Å²) in [5.74, 6) is 0. The molecule has 0 aliphatic heterocycles. The van der Waals surface area contributed by atoms with Crippen molar-refractivity contribution in [1.82, 2.24) is 4.98 Å². The lowest BCUT2D eigenvalue weighted by Gasteiger charge is -2.06. The van der Waals surface area contributed by atoms with E-state index in [9.17, 15) is 0 Å². The quantitative estimate of drug-likeness (QED) is 0.505. The monoisotopic (exact) mass is 367 g/mol. The summed E-state index contributed by atoms with van der Waals surface area (Å²) in [6.45, 7) is 8.00. The first kappa shape index (κ1) is 20.8. The Balaban J connectivity index is 0.000000209. The van der Waals surface area contributed by atoms with Crippen molar-refractivity contribution in [1.29, 1.82) is 5.26 Å². The van der Waals surface area contributed by atoms with Crippen LogP contribution in [-0.2, 0) is 0 Å². The van der Waals surface area contributed by atoms with E-state index < -0.39 is 0 Å². The van der Waals surface area contributed by atoms with E-state index in [1.54, 1.807) is 12.4 Å². The number of hydrogen-bond acceptors (Lipinski definition) is 3. The molecule has 1 heterocycles. The van der Waals surface area contributed by atoms with E-state index in [1.807, 2.05) is 62.4 Å². The van der Waals surface area contributed by atoms with Crippen molar-refractivity contribution >= 4 is 11.9 Å². The maximum absolute atomic E-state index is 9.07. The highest BCUT2D eigenvalue weighted by Gasteiger charge is 2.04. The van der Waals surface area contributed by atoms with E-state index in [0.29, 0.717) is 0 Å². The van der Waals surface area contributed by atoms with Crippen molar-refractivity contribution in [3.63, 3.8) is 0 Å². The van der Waals surface area contributed by atoms with Crippen LogP contribution in [0.15, 0.2) is 77.9 Å². The molecule has 0 N–H and O–H groups in total. The number of aryl methyl sites for hydroxylation is 2. The highest BCUT2D eigenvalue weighted by Crippen LogP contribution is 2.25. The van der Waals surface area contributed by atoms with Crippen LogP contribution < -0.4 is 0 Å². The minimum Gasteiger partial charge on any atom is -0.260 e. The van der Waals surface area contributed by atoms with Crippen LogP contribution in [0.25, 0.3) is 16.8 Å². The fourth-order valence-electron chi connectivity index (χ4n) is 2.90. The molecule has 0 saturated heterocycles. The lowest BCUT2D eigenvalue weighted by molar-refractivity contribution is 1.25. The van der Waals surface area contributed by atoms with Gasteiger partial charge in [-0.2, -0.15) is 5.26 Å². The maximum Gasteiger partial charge on any atom is 0.0998 e. The molecule has 0 spiro atoms. The van der Waals surface area contributed by atoms with Crippen molar-refractivity contribution in [3.8, 4) is 17.2 Å². The molecule has 3 heteroatoms. The van der Waals surface area contributed by atoms with Gasteiger partial charge in [-0.25, -0.2) is 0 Å². The zero-order valence-electron chi connectivity index (χ0n) is 16.8. The van der Waals surface area contributed by atoms with Crippen LogP contribution in [-0.4, -0.2) is 11.2 Å². The van der Waals surface area contributed by atoms with Gasteiger partial charge >= 0.3 is 0 Å². The third-order valence-corrected chi connectivity index (χ3v) is 4.05. The number of hydrogen-bond donors (Lipinski definition) is 0. The molecule has 1 aromatic heterocycles. The van der Waals surface area contributed by atoms with E-state index in [2.05, 4.69) is 48.1 Å². The zero-order valence-corrected chi connectivity index (χ0v) is 16.8. The highest BCUT2D eigenvalue weighted by molar-refractivity contribution is 5.72. The van der Waals surface area contributed by atoms with E-state index in [4.69, 9.17) is 5.26 Å². The van der Waals surface area contributed by atoms with E-state index >= 15 is 0 Å². The first-order chi connectivity index (χ1) is 13.6. The van der Waals surface area contributed by atoms with Crippen molar-refractivity contribution in [2.24, 2.45) is 4.99 Å². The summed E-state index contributed by atoms with van der Waals surface area (Å²) in [4.78, 5) is 8.37. The second kappa shape index (κ2) is 10.6. The molecule has 3 rings (SSSR count). The fourth-order valence-corrected chi connectivity index (χ4v) is 2.90. The number of allylic oxidation sites excluding steroid dienone is 1. The van der Waals surface area contributed by atoms with Crippen LogP contribution in [0.5, 0.6) is 0 Å². The van der Waals surface area contributed by atoms with Crippen LogP contribution in [0, 0.1) is 25.2 Å². The number of benzene rings is 2. The van der Waals surface area contributed by atoms with Crippen LogP contribution in [0.1, 0.15) is 36.2 Å². The Kier molecular flexibility index (Phi) is 7.87. The summed E-state index contributed by atoms with van der Waals surface area (Å²) < 4.78 is 0. The zero-order chi connectivity index (χ0) is 20.4. The molecule has 0 fully saturated rings. The molecule has 0 saturated carbocycles. The van der Waals surface area contributed by atoms with E-state index in [1.165, 1.54) is 11.1 Å². The number of nitrogens with zero attached hydrogens (tertiary/aromatic N) is 3. The Hall–Kier alpha value is -3.51. The van der Waals surface area contributed by atoms with E-state index in [0.717, 1.165) is 28.1 Å². The topological polar surface area (TPSA) is 49.0 Å². The average Bonchev–Trinajstić information content (AvgIpc) is 2.72. The standard InChI is InChI=1S/C15H13N.C10H12N2/c1-11-7-12(2)9-14(8-11)15-6-4-3-5-13(15)10-16;1-3-9(11-4-2)10-7-5-6-8-12-10/h3-9H,1-2H3;3-8H,1-2H3/b;9-3-,11-4?. The molecule has 28 heavy (non-hydrogen) atoms. The first-order valence-electron chi connectivity index (χ1n) is 9.23. The summed E-state index contributed by atoms with van der Waals surface area (Å²) in [5, 5.41) is 9.07. The van der Waals surface area contributed by atoms with Crippen molar-refractivity contribution in [2.45, 2.75) is 27.7 Å². The largest absolute Gasteiger partial charge is 0.260 e. The molecule has 0 radical (unpaired) electrons. The minimum atomic E-state index is 0.729. The van der Waals surface area contributed by atoms with Crippen molar-refractivity contribution in [3.05, 3.63) is 95.3 Å². The smallest absolute Gasteiger partial charge is 0.0998 e. The molecule has 0 unspecified atom stereocenters. The van der Waals surface area contributed by atoms with Crippen LogP contribution in [0.3, 0.4) is 0 Å². The molecule has 3 nitrogen and oxygen atoms in total. The average molecular weight is 367 g/mol. The molecule has 0 atom stereocenters. The van der Waals surface area contributed by atoms with Crippen LogP contribution in [0.2, 0.25) is 0 Å². The van der Waals surface area contributed by atoms with Gasteiger partial charge in [0.15, 0.2) is 0 Å². The Bertz CT molecular complexity index is 989. The SMILES string of the molecule is CC=N/C(=C\C)c1ccccn1.Cc1cc(C)cc(-c2ccccc2C#N)c1. The lowest BCUT2D eigenvalue weighted by atomic mass is 9.97. The predicted molar refractivity (Wildman–Crippen MR) is 118 cm³/mol. The molecular formula is C25H25N3. The van der Waals surface area contributed by atoms with Gasteiger partial charge in [-0.1, -0.05) is 59.7 Å². The third kappa shape index (κ3) is 5.75. The molecule has 0 bridgehead atoms. The van der Waals surface area contributed by atoms with Gasteiger partial charge in [0.2, 0.25) is 0 Å². The molecule has 2 aromatic carbocycles. The Labute approximate surface area is 167 Å². The molecular weight excluding hydrogens is 342 g/mol. The van der Waals surface area contributed by atoms with Crippen LogP contribution >= 0.6 is 0 Å². The number of aromatic nitrogens is 1. The van der Waals surface area contributed by atoms with Gasteiger partial charge in [0.1, 0.15) is 0 Å². The summed E-state index contributed by atoms with van der Waals surface area (Å²) in [6.07, 6.45) is 5.48. The summed E-state index contributed by atoms with van der Waals surface area (Å²) >= 11 is 0. The molecule has 0 aliphatic rings. The normalized spacial score (nSPS) is 10.9. The van der Waals surface area contributed by atoms with Crippen molar-refractivity contribution in [2.75, 3.05) is 0 Å². The van der Waals surface area contributed by atoms with Crippen LogP contribution in [0.4, 0.5) is 0 Å². The number of rotatable bonds is 3. The second-order valence-corrected chi connectivity index (χ2v) is 6.31. The third-order valence-electron chi connectivity index (χ3n) is 4.05. The number of nitriles is 1. The highest BCUT2D eigenvalue weighted by atomic mass is 14.8.